The van der Waals surface area contributed by atoms with E-state index in [0.717, 1.165) is 6.07 Å². The Kier molecular flexibility index (Phi) is 11.3. The summed E-state index contributed by atoms with van der Waals surface area (Å²) in [5, 5.41) is 14.1. The van der Waals surface area contributed by atoms with Crippen molar-refractivity contribution >= 4 is 61.9 Å². The van der Waals surface area contributed by atoms with Crippen molar-refractivity contribution in [2.24, 2.45) is 0 Å². The van der Waals surface area contributed by atoms with Gasteiger partial charge in [0.15, 0.2) is 5.78 Å². The normalized spacial score (nSPS) is 10.9. The van der Waals surface area contributed by atoms with Crippen molar-refractivity contribution in [1.29, 1.82) is 0 Å². The zero-order valence-corrected chi connectivity index (χ0v) is 22.7. The molecule has 0 aliphatic carbocycles. The minimum absolute atomic E-state index is 0. The maximum atomic E-state index is 13.1. The third-order valence-electron chi connectivity index (χ3n) is 3.82. The van der Waals surface area contributed by atoms with E-state index in [2.05, 4.69) is 9.37 Å². The molecule has 3 rings (SSSR count). The van der Waals surface area contributed by atoms with E-state index in [1.165, 1.54) is 36.4 Å². The number of rotatable bonds is 6. The van der Waals surface area contributed by atoms with Crippen LogP contribution < -0.4 is 64.4 Å². The number of benzene rings is 3. The molecule has 0 N–H and O–H groups in total. The van der Waals surface area contributed by atoms with Gasteiger partial charge < -0.3 is 9.81 Å². The van der Waals surface area contributed by atoms with Gasteiger partial charge in [0.1, 0.15) is 10.1 Å². The fourth-order valence-corrected chi connectivity index (χ4v) is 4.56. The zero-order chi connectivity index (χ0) is 20.5. The largest absolute Gasteiger partial charge is 1.00 e. The van der Waals surface area contributed by atoms with Gasteiger partial charge >= 0.3 is 59.1 Å². The number of carbonyl (C=O) groups excluding carboxylic acids is 1. The van der Waals surface area contributed by atoms with E-state index < -0.39 is 20.8 Å². The van der Waals surface area contributed by atoms with Gasteiger partial charge in [-0.25, -0.2) is 8.42 Å². The van der Waals surface area contributed by atoms with Crippen LogP contribution in [-0.2, 0) is 19.5 Å². The van der Waals surface area contributed by atoms with Crippen molar-refractivity contribution in [3.8, 4) is 0 Å². The van der Waals surface area contributed by atoms with Crippen LogP contribution in [0.25, 0.3) is 10.8 Å². The van der Waals surface area contributed by atoms with Crippen LogP contribution in [-0.4, -0.2) is 18.8 Å². The van der Waals surface area contributed by atoms with E-state index in [0.29, 0.717) is 12.0 Å². The molecule has 0 fully saturated rings. The van der Waals surface area contributed by atoms with Crippen LogP contribution in [0.3, 0.4) is 0 Å². The Balaban J connectivity index is 0.00000225. The Bertz CT molecular complexity index is 1170. The fraction of sp³-hybridized carbons (Fsp3) is 0. The topological polar surface area (TPSA) is 116 Å². The monoisotopic (exact) mass is 504 g/mol. The molecular formula is C17H8Cl2Na2O7S2. The first kappa shape index (κ1) is 28.3. The fourth-order valence-electron chi connectivity index (χ4n) is 2.69. The predicted octanol–water partition coefficient (Wildman–Crippen LogP) is -2.48. The third-order valence-corrected chi connectivity index (χ3v) is 6.08. The molecule has 146 valence electrons. The molecule has 0 unspecified atom stereocenters. The van der Waals surface area contributed by atoms with E-state index in [-0.39, 0.29) is 96.0 Å². The van der Waals surface area contributed by atoms with Gasteiger partial charge in [-0.15, -0.1) is 0 Å². The molecular weight excluding hydrogens is 497 g/mol. The molecule has 0 saturated carbocycles. The molecule has 7 nitrogen and oxygen atoms in total. The van der Waals surface area contributed by atoms with E-state index in [1.807, 2.05) is 0 Å². The molecule has 0 aliphatic rings. The first-order chi connectivity index (χ1) is 13.3. The Hall–Kier alpha value is 0.310. The number of ketones is 1. The van der Waals surface area contributed by atoms with Crippen LogP contribution in [0.1, 0.15) is 15.9 Å². The molecule has 0 aliphatic heterocycles. The minimum atomic E-state index is -4.79. The van der Waals surface area contributed by atoms with Crippen LogP contribution >= 0.6 is 35.2 Å². The zero-order valence-electron chi connectivity index (χ0n) is 15.5. The van der Waals surface area contributed by atoms with Crippen molar-refractivity contribution in [2.45, 2.75) is 9.79 Å². The van der Waals surface area contributed by atoms with Crippen molar-refractivity contribution in [2.75, 3.05) is 0 Å². The van der Waals surface area contributed by atoms with Gasteiger partial charge in [-0.3, -0.25) is 9.83 Å². The second kappa shape index (κ2) is 12.0. The van der Waals surface area contributed by atoms with Gasteiger partial charge in [-0.1, -0.05) is 47.5 Å². The summed E-state index contributed by atoms with van der Waals surface area (Å²) in [7, 11) is -4.79. The number of hydrogen-bond acceptors (Lipinski definition) is 8. The van der Waals surface area contributed by atoms with Gasteiger partial charge in [0.2, 0.25) is 0 Å². The van der Waals surface area contributed by atoms with Gasteiger partial charge in [0.05, 0.1) is 37.4 Å². The van der Waals surface area contributed by atoms with Crippen LogP contribution in [0, 0.1) is 0 Å². The van der Waals surface area contributed by atoms with Crippen LogP contribution in [0.4, 0.5) is 0 Å². The number of hydrogen-bond donors (Lipinski definition) is 0. The number of halogens is 2. The molecule has 0 radical (unpaired) electrons. The van der Waals surface area contributed by atoms with Gasteiger partial charge in [-0.05, 0) is 29.7 Å². The summed E-state index contributed by atoms with van der Waals surface area (Å²) in [5.41, 5.74) is 0.0349. The smallest absolute Gasteiger partial charge is 0.744 e. The van der Waals surface area contributed by atoms with Crippen molar-refractivity contribution in [3.05, 3.63) is 69.7 Å². The number of carbonyl (C=O) groups is 1. The summed E-state index contributed by atoms with van der Waals surface area (Å²) in [4.78, 5) is 12.6. The maximum absolute atomic E-state index is 13.1. The van der Waals surface area contributed by atoms with Gasteiger partial charge in [0, 0.05) is 10.9 Å². The Labute approximate surface area is 230 Å². The average molecular weight is 505 g/mol. The Morgan fingerprint density at radius 1 is 0.933 bits per heavy atom. The first-order valence-corrected chi connectivity index (χ1v) is 10.3. The predicted molar refractivity (Wildman–Crippen MR) is 99.8 cm³/mol. The van der Waals surface area contributed by atoms with E-state index >= 15 is 0 Å². The molecule has 0 amide bonds. The Morgan fingerprint density at radius 2 is 1.53 bits per heavy atom. The SMILES string of the molecule is O=C(c1ccc2c(S(=O)(=O)[O-])cccc2c1SOO[O-])c1c(Cl)cccc1Cl.[Na+].[Na+]. The first-order valence-electron chi connectivity index (χ1n) is 7.39. The van der Waals surface area contributed by atoms with Crippen LogP contribution in [0.2, 0.25) is 10.0 Å². The van der Waals surface area contributed by atoms with Crippen LogP contribution in [0.15, 0.2) is 58.3 Å². The summed E-state index contributed by atoms with van der Waals surface area (Å²) in [5.74, 6) is -0.593. The van der Waals surface area contributed by atoms with E-state index in [4.69, 9.17) is 23.2 Å². The Morgan fingerprint density at radius 3 is 2.10 bits per heavy atom. The molecule has 3 aromatic carbocycles. The molecule has 0 atom stereocenters. The summed E-state index contributed by atoms with van der Waals surface area (Å²) in [6, 6.07) is 11.0. The van der Waals surface area contributed by atoms with Crippen LogP contribution in [0.5, 0.6) is 0 Å². The third kappa shape index (κ3) is 6.00. The molecule has 0 heterocycles. The summed E-state index contributed by atoms with van der Waals surface area (Å²) < 4.78 is 39.0. The number of fused-ring (bicyclic) bond motifs is 1. The van der Waals surface area contributed by atoms with Crippen molar-refractivity contribution in [1.82, 2.24) is 0 Å². The molecule has 0 saturated heterocycles. The maximum Gasteiger partial charge on any atom is 1.00 e. The average Bonchev–Trinajstić information content (AvgIpc) is 2.64. The summed E-state index contributed by atoms with van der Waals surface area (Å²) >= 11 is 12.6. The minimum Gasteiger partial charge on any atom is -0.744 e. The molecule has 0 bridgehead atoms. The second-order valence-electron chi connectivity index (χ2n) is 5.39. The van der Waals surface area contributed by atoms with Gasteiger partial charge in [0.25, 0.3) is 0 Å². The van der Waals surface area contributed by atoms with Crippen molar-refractivity contribution < 1.29 is 91.5 Å². The molecule has 0 aromatic heterocycles. The molecule has 30 heavy (non-hydrogen) atoms. The summed E-state index contributed by atoms with van der Waals surface area (Å²) in [6.45, 7) is 0. The summed E-state index contributed by atoms with van der Waals surface area (Å²) in [6.07, 6.45) is 0. The quantitative estimate of drug-likeness (QED) is 0.0904. The molecule has 13 heteroatoms. The van der Waals surface area contributed by atoms with E-state index in [1.54, 1.807) is 6.07 Å². The van der Waals surface area contributed by atoms with Gasteiger partial charge in [-0.2, -0.15) is 4.33 Å². The second-order valence-corrected chi connectivity index (χ2v) is 8.27. The molecule has 3 aromatic rings. The van der Waals surface area contributed by atoms with E-state index in [9.17, 15) is 23.0 Å². The standard InChI is InChI=1S/C17H10Cl2O7S2.2Na/c18-12-4-2-5-13(19)15(12)16(20)11-8-7-9-10(17(11)27-26-25-21)3-1-6-14(9)28(22,23)24;;/h1-8,21H,(H,22,23,24);;/q;2*+1/p-2. The van der Waals surface area contributed by atoms with Crippen molar-refractivity contribution in [3.63, 3.8) is 0 Å². The molecule has 0 spiro atoms.